The SMILES string of the molecule is Cc1cc(Cl)cc(C)c1NC(=O)c1ccc([N+](=O)[O-])cc1. The summed E-state index contributed by atoms with van der Waals surface area (Å²) in [4.78, 5) is 22.3. The van der Waals surface area contributed by atoms with E-state index in [1.54, 1.807) is 12.1 Å². The molecule has 0 aliphatic rings. The number of nitro groups is 1. The van der Waals surface area contributed by atoms with Crippen LogP contribution in [0.15, 0.2) is 36.4 Å². The lowest BCUT2D eigenvalue weighted by Gasteiger charge is -2.12. The zero-order chi connectivity index (χ0) is 15.6. The smallest absolute Gasteiger partial charge is 0.269 e. The van der Waals surface area contributed by atoms with E-state index in [-0.39, 0.29) is 11.6 Å². The molecule has 0 spiro atoms. The number of hydrogen-bond acceptors (Lipinski definition) is 3. The standard InChI is InChI=1S/C15H13ClN2O3/c1-9-7-12(16)8-10(2)14(9)17-15(19)11-3-5-13(6-4-11)18(20)21/h3-8H,1-2H3,(H,17,19). The van der Waals surface area contributed by atoms with Gasteiger partial charge in [0, 0.05) is 28.4 Å². The molecule has 0 fully saturated rings. The third kappa shape index (κ3) is 3.38. The number of hydrogen-bond donors (Lipinski definition) is 1. The molecule has 1 amide bonds. The van der Waals surface area contributed by atoms with Crippen molar-refractivity contribution < 1.29 is 9.72 Å². The van der Waals surface area contributed by atoms with Crippen molar-refractivity contribution in [1.82, 2.24) is 0 Å². The van der Waals surface area contributed by atoms with E-state index >= 15 is 0 Å². The number of carbonyl (C=O) groups is 1. The highest BCUT2D eigenvalue weighted by molar-refractivity contribution is 6.30. The van der Waals surface area contributed by atoms with Gasteiger partial charge >= 0.3 is 0 Å². The highest BCUT2D eigenvalue weighted by atomic mass is 35.5. The van der Waals surface area contributed by atoms with Gasteiger partial charge in [-0.25, -0.2) is 0 Å². The van der Waals surface area contributed by atoms with E-state index < -0.39 is 4.92 Å². The van der Waals surface area contributed by atoms with Crippen LogP contribution in [0, 0.1) is 24.0 Å². The van der Waals surface area contributed by atoms with Crippen molar-refractivity contribution in [1.29, 1.82) is 0 Å². The fourth-order valence-corrected chi connectivity index (χ4v) is 2.36. The number of halogens is 1. The van der Waals surface area contributed by atoms with Gasteiger partial charge in [-0.2, -0.15) is 0 Å². The van der Waals surface area contributed by atoms with Gasteiger partial charge in [-0.3, -0.25) is 14.9 Å². The number of nitrogens with one attached hydrogen (secondary N) is 1. The van der Waals surface area contributed by atoms with Crippen molar-refractivity contribution >= 4 is 28.9 Å². The first-order valence-corrected chi connectivity index (χ1v) is 6.59. The Morgan fingerprint density at radius 2 is 1.67 bits per heavy atom. The molecule has 0 bridgehead atoms. The predicted molar refractivity (Wildman–Crippen MR) is 82.0 cm³/mol. The van der Waals surface area contributed by atoms with Crippen molar-refractivity contribution in [3.8, 4) is 0 Å². The van der Waals surface area contributed by atoms with Crippen LogP contribution in [0.5, 0.6) is 0 Å². The number of nitrogens with zero attached hydrogens (tertiary/aromatic N) is 1. The van der Waals surface area contributed by atoms with Gasteiger partial charge in [0.1, 0.15) is 0 Å². The summed E-state index contributed by atoms with van der Waals surface area (Å²) in [6, 6.07) is 8.98. The molecule has 21 heavy (non-hydrogen) atoms. The summed E-state index contributed by atoms with van der Waals surface area (Å²) in [6.07, 6.45) is 0. The molecule has 0 unspecified atom stereocenters. The van der Waals surface area contributed by atoms with Gasteiger partial charge in [-0.15, -0.1) is 0 Å². The number of anilines is 1. The lowest BCUT2D eigenvalue weighted by atomic mass is 10.1. The number of amides is 1. The summed E-state index contributed by atoms with van der Waals surface area (Å²) in [7, 11) is 0. The van der Waals surface area contributed by atoms with Gasteiger partial charge in [-0.1, -0.05) is 11.6 Å². The molecule has 0 heterocycles. The third-order valence-electron chi connectivity index (χ3n) is 3.08. The molecular weight excluding hydrogens is 292 g/mol. The minimum atomic E-state index is -0.505. The summed E-state index contributed by atoms with van der Waals surface area (Å²) >= 11 is 5.95. The normalized spacial score (nSPS) is 10.2. The van der Waals surface area contributed by atoms with E-state index in [0.717, 1.165) is 11.1 Å². The molecule has 6 heteroatoms. The predicted octanol–water partition coefficient (Wildman–Crippen LogP) is 4.12. The molecule has 0 atom stereocenters. The van der Waals surface area contributed by atoms with E-state index in [0.29, 0.717) is 16.3 Å². The Bertz CT molecular complexity index is 688. The molecule has 108 valence electrons. The topological polar surface area (TPSA) is 72.2 Å². The second-order valence-corrected chi connectivity index (χ2v) is 5.11. The van der Waals surface area contributed by atoms with Crippen molar-refractivity contribution in [3.05, 3.63) is 68.2 Å². The van der Waals surface area contributed by atoms with Crippen molar-refractivity contribution in [2.24, 2.45) is 0 Å². The van der Waals surface area contributed by atoms with Gasteiger partial charge in [0.25, 0.3) is 11.6 Å². The van der Waals surface area contributed by atoms with E-state index in [9.17, 15) is 14.9 Å². The highest BCUT2D eigenvalue weighted by Gasteiger charge is 2.12. The molecule has 0 radical (unpaired) electrons. The van der Waals surface area contributed by atoms with E-state index in [1.165, 1.54) is 24.3 Å². The third-order valence-corrected chi connectivity index (χ3v) is 3.29. The van der Waals surface area contributed by atoms with Gasteiger partial charge in [0.05, 0.1) is 4.92 Å². The minimum Gasteiger partial charge on any atom is -0.322 e. The number of aryl methyl sites for hydroxylation is 2. The molecule has 0 aromatic heterocycles. The van der Waals surface area contributed by atoms with Gasteiger partial charge in [0.15, 0.2) is 0 Å². The Hall–Kier alpha value is -2.40. The second kappa shape index (κ2) is 5.93. The first-order valence-electron chi connectivity index (χ1n) is 6.21. The lowest BCUT2D eigenvalue weighted by Crippen LogP contribution is -2.13. The maximum Gasteiger partial charge on any atom is 0.269 e. The molecule has 2 rings (SSSR count). The summed E-state index contributed by atoms with van der Waals surface area (Å²) in [5.74, 6) is -0.321. The minimum absolute atomic E-state index is 0.0506. The zero-order valence-corrected chi connectivity index (χ0v) is 12.3. The van der Waals surface area contributed by atoms with Crippen LogP contribution in [0.3, 0.4) is 0 Å². The first kappa shape index (κ1) is 15.0. The Morgan fingerprint density at radius 1 is 1.14 bits per heavy atom. The maximum atomic E-state index is 12.2. The van der Waals surface area contributed by atoms with Crippen LogP contribution < -0.4 is 5.32 Å². The van der Waals surface area contributed by atoms with E-state index in [1.807, 2.05) is 13.8 Å². The fourth-order valence-electron chi connectivity index (χ4n) is 2.03. The van der Waals surface area contributed by atoms with Gasteiger partial charge in [0.2, 0.25) is 0 Å². The molecule has 2 aromatic rings. The molecule has 2 aromatic carbocycles. The van der Waals surface area contributed by atoms with E-state index in [4.69, 9.17) is 11.6 Å². The molecular formula is C15H13ClN2O3. The second-order valence-electron chi connectivity index (χ2n) is 4.67. The van der Waals surface area contributed by atoms with Crippen LogP contribution in [0.25, 0.3) is 0 Å². The summed E-state index contributed by atoms with van der Waals surface area (Å²) in [5.41, 5.74) is 2.72. The van der Waals surface area contributed by atoms with Gasteiger partial charge in [-0.05, 0) is 49.2 Å². The van der Waals surface area contributed by atoms with Crippen LogP contribution in [0.4, 0.5) is 11.4 Å². The van der Waals surface area contributed by atoms with Crippen LogP contribution >= 0.6 is 11.6 Å². The summed E-state index contributed by atoms with van der Waals surface area (Å²) in [5, 5.41) is 14.0. The molecule has 0 aliphatic heterocycles. The lowest BCUT2D eigenvalue weighted by molar-refractivity contribution is -0.384. The van der Waals surface area contributed by atoms with Crippen molar-refractivity contribution in [3.63, 3.8) is 0 Å². The fraction of sp³-hybridized carbons (Fsp3) is 0.133. The quantitative estimate of drug-likeness (QED) is 0.685. The van der Waals surface area contributed by atoms with E-state index in [2.05, 4.69) is 5.32 Å². The molecule has 0 saturated carbocycles. The average Bonchev–Trinajstić information content (AvgIpc) is 2.42. The Balaban J connectivity index is 2.24. The van der Waals surface area contributed by atoms with Crippen LogP contribution in [0.1, 0.15) is 21.5 Å². The number of benzene rings is 2. The largest absolute Gasteiger partial charge is 0.322 e. The number of non-ortho nitro benzene ring substituents is 1. The van der Waals surface area contributed by atoms with Crippen molar-refractivity contribution in [2.45, 2.75) is 13.8 Å². The number of rotatable bonds is 3. The zero-order valence-electron chi connectivity index (χ0n) is 11.5. The average molecular weight is 305 g/mol. The molecule has 0 aliphatic carbocycles. The monoisotopic (exact) mass is 304 g/mol. The summed E-state index contributed by atoms with van der Waals surface area (Å²) < 4.78 is 0. The Labute approximate surface area is 126 Å². The Kier molecular flexibility index (Phi) is 4.23. The maximum absolute atomic E-state index is 12.2. The molecule has 0 saturated heterocycles. The van der Waals surface area contributed by atoms with Crippen LogP contribution in [-0.4, -0.2) is 10.8 Å². The highest BCUT2D eigenvalue weighted by Crippen LogP contribution is 2.25. The molecule has 5 nitrogen and oxygen atoms in total. The summed E-state index contributed by atoms with van der Waals surface area (Å²) in [6.45, 7) is 3.70. The first-order chi connectivity index (χ1) is 9.88. The van der Waals surface area contributed by atoms with Crippen LogP contribution in [0.2, 0.25) is 5.02 Å². The van der Waals surface area contributed by atoms with Crippen LogP contribution in [-0.2, 0) is 0 Å². The number of carbonyl (C=O) groups excluding carboxylic acids is 1. The van der Waals surface area contributed by atoms with Gasteiger partial charge < -0.3 is 5.32 Å². The van der Waals surface area contributed by atoms with Crippen molar-refractivity contribution in [2.75, 3.05) is 5.32 Å². The number of nitro benzene ring substituents is 1. The Morgan fingerprint density at radius 3 is 2.14 bits per heavy atom. The molecule has 1 N–H and O–H groups in total.